The topological polar surface area (TPSA) is 63.0 Å². The zero-order valence-electron chi connectivity index (χ0n) is 2.58. The molecule has 0 saturated heterocycles. The molecule has 0 saturated carbocycles. The van der Waals surface area contributed by atoms with Gasteiger partial charge in [0, 0.05) is 0 Å². The smallest absolute Gasteiger partial charge is 1.00 e. The maximum Gasteiger partial charge on any atom is 1.00 e. The van der Waals surface area contributed by atoms with Crippen molar-refractivity contribution in [3.8, 4) is 0 Å². The van der Waals surface area contributed by atoms with Crippen LogP contribution in [-0.2, 0) is 0 Å². The van der Waals surface area contributed by atoms with Gasteiger partial charge in [0.25, 0.3) is 0 Å². The summed E-state index contributed by atoms with van der Waals surface area (Å²) in [5, 5.41) is 0. The van der Waals surface area contributed by atoms with Crippen LogP contribution in [0.1, 0.15) is 0 Å². The summed E-state index contributed by atoms with van der Waals surface area (Å²) in [7, 11) is 0. The first-order valence-electron chi connectivity index (χ1n) is 0. The fourth-order valence-electron chi connectivity index (χ4n) is 0. The molecule has 20 valence electrons. The normalized spacial score (nSPS) is 0. The van der Waals surface area contributed by atoms with Crippen LogP contribution in [-0.4, -0.2) is 19.4 Å². The van der Waals surface area contributed by atoms with E-state index in [2.05, 4.69) is 0 Å². The van der Waals surface area contributed by atoms with Gasteiger partial charge in [-0.3, -0.25) is 0 Å². The molecule has 0 rings (SSSR count). The van der Waals surface area contributed by atoms with Crippen molar-refractivity contribution in [3.05, 3.63) is 0 Å². The Bertz CT molecular complexity index is 6.00. The van der Waals surface area contributed by atoms with Crippen LogP contribution in [0, 0.1) is 0 Å². The van der Waals surface area contributed by atoms with Crippen molar-refractivity contribution in [2.24, 2.45) is 0 Å². The minimum Gasteiger partial charge on any atom is -1.00 e. The minimum absolute atomic E-state index is 0. The van der Waals surface area contributed by atoms with E-state index in [4.69, 9.17) is 0 Å². The molecule has 0 heterocycles. The molecule has 4 heavy (non-hydrogen) atoms. The fourth-order valence-corrected chi connectivity index (χ4v) is 0. The Morgan fingerprint density at radius 2 is 0.750 bits per heavy atom. The van der Waals surface area contributed by atoms with Gasteiger partial charge >= 0.3 is 29.6 Å². The van der Waals surface area contributed by atoms with E-state index in [0.29, 0.717) is 0 Å². The Morgan fingerprint density at radius 1 is 0.750 bits per heavy atom. The zero-order chi connectivity index (χ0) is 0. The first-order chi connectivity index (χ1) is 0. The summed E-state index contributed by atoms with van der Waals surface area (Å²) in [5.74, 6) is 0. The second-order valence-corrected chi connectivity index (χ2v) is 0. The van der Waals surface area contributed by atoms with Crippen molar-refractivity contribution in [3.63, 3.8) is 0 Å². The van der Waals surface area contributed by atoms with Gasteiger partial charge in [0.15, 0.2) is 0 Å². The molecule has 4 heteroatoms. The van der Waals surface area contributed by atoms with Crippen LogP contribution < -0.4 is 29.6 Å². The Kier molecular flexibility index (Phi) is 747. The molecule has 0 aliphatic rings. The van der Waals surface area contributed by atoms with Crippen LogP contribution in [0.5, 0.6) is 0 Å². The van der Waals surface area contributed by atoms with Crippen molar-refractivity contribution in [2.75, 3.05) is 0 Å². The first kappa shape index (κ1) is 81.6. The van der Waals surface area contributed by atoms with E-state index in [1.54, 1.807) is 0 Å². The van der Waals surface area contributed by atoms with Crippen molar-refractivity contribution >= 4 is 8.41 Å². The third-order valence-electron chi connectivity index (χ3n) is 0. The molecule has 0 aliphatic heterocycles. The summed E-state index contributed by atoms with van der Waals surface area (Å²) in [6, 6.07) is 0. The first-order valence-corrected chi connectivity index (χ1v) is 0. The van der Waals surface area contributed by atoms with Crippen molar-refractivity contribution in [1.29, 1.82) is 0 Å². The van der Waals surface area contributed by atoms with Crippen LogP contribution in [0.2, 0.25) is 0 Å². The number of hydrogen-bond donors (Lipinski definition) is 0. The van der Waals surface area contributed by atoms with Crippen LogP contribution >= 0.6 is 0 Å². The number of rotatable bonds is 0. The summed E-state index contributed by atoms with van der Waals surface area (Å²) in [5.41, 5.74) is 0. The molecule has 0 aromatic carbocycles. The largest absolute Gasteiger partial charge is 1.00 e. The zero-order valence-corrected chi connectivity index (χ0v) is 4.58. The molecule has 0 amide bonds. The summed E-state index contributed by atoms with van der Waals surface area (Å²) in [4.78, 5) is 0. The quantitative estimate of drug-likeness (QED) is 0.256. The average Bonchev–Trinajstić information content (AvgIpc) is 0. The molecule has 4 N–H and O–H groups in total. The Labute approximate surface area is 49.1 Å². The van der Waals surface area contributed by atoms with Gasteiger partial charge in [-0.05, 0) is 0 Å². The van der Waals surface area contributed by atoms with E-state index >= 15 is 0 Å². The molecule has 0 aliphatic carbocycles. The van der Waals surface area contributed by atoms with Gasteiger partial charge in [-0.25, -0.2) is 0 Å². The molecule has 0 bridgehead atoms. The Morgan fingerprint density at radius 3 is 0.750 bits per heavy atom. The summed E-state index contributed by atoms with van der Waals surface area (Å²) >= 11 is 0. The van der Waals surface area contributed by atoms with E-state index in [0.717, 1.165) is 0 Å². The maximum atomic E-state index is 0. The molecule has 0 spiro atoms. The van der Waals surface area contributed by atoms with E-state index in [1.165, 1.54) is 0 Å². The van der Waals surface area contributed by atoms with Gasteiger partial charge in [0.1, 0.15) is 0 Å². The van der Waals surface area contributed by atoms with E-state index < -0.39 is 0 Å². The molecule has 0 aromatic rings. The summed E-state index contributed by atoms with van der Waals surface area (Å²) < 4.78 is 0. The third-order valence-corrected chi connectivity index (χ3v) is 0. The molecule has 0 aromatic heterocycles. The molecule has 4 radical (unpaired) electrons. The monoisotopic (exact) mass is 70.0 g/mol. The van der Waals surface area contributed by atoms with E-state index in [-0.39, 0.29) is 48.9 Å². The van der Waals surface area contributed by atoms with Gasteiger partial charge in [-0.1, -0.05) is 0 Å². The predicted molar refractivity (Wildman–Crippen MR) is 13.0 cm³/mol. The second kappa shape index (κ2) is 36.6. The molecule has 0 atom stereocenters. The van der Waals surface area contributed by atoms with Crippen LogP contribution in [0.4, 0.5) is 0 Å². The van der Waals surface area contributed by atoms with Crippen LogP contribution in [0.3, 0.4) is 0 Å². The Hall–Kier alpha value is 0.985. The van der Waals surface area contributed by atoms with Crippen molar-refractivity contribution in [2.45, 2.75) is 0 Å². The van der Waals surface area contributed by atoms with Gasteiger partial charge in [-0.15, -0.1) is 0 Å². The van der Waals surface area contributed by atoms with Gasteiger partial charge < -0.3 is 19.4 Å². The van der Waals surface area contributed by atoms with E-state index in [9.17, 15) is 0 Å². The predicted octanol–water partition coefficient (Wildman–Crippen LogP) is -5.03. The Balaban J connectivity index is 0. The van der Waals surface area contributed by atoms with Crippen molar-refractivity contribution in [1.82, 2.24) is 0 Å². The maximum absolute atomic E-state index is 0. The van der Waals surface area contributed by atoms with Crippen molar-refractivity contribution < 1.29 is 40.5 Å². The summed E-state index contributed by atoms with van der Waals surface area (Å²) in [6.07, 6.45) is 0. The van der Waals surface area contributed by atoms with Gasteiger partial charge in [0.2, 0.25) is 0 Å². The second-order valence-electron chi connectivity index (χ2n) is 0. The fraction of sp³-hybridized carbons (Fsp3) is 0. The summed E-state index contributed by atoms with van der Waals surface area (Å²) in [6.45, 7) is 0. The molecule has 2 nitrogen and oxygen atoms in total. The molecule has 0 fully saturated rings. The van der Waals surface area contributed by atoms with Gasteiger partial charge in [-0.2, -0.15) is 0 Å². The van der Waals surface area contributed by atoms with Crippen LogP contribution in [0.25, 0.3) is 0 Å². The average molecular weight is 69.8 g/mol. The number of hydrogen-bond acceptors (Lipinski definition) is 0. The van der Waals surface area contributed by atoms with Crippen LogP contribution in [0.15, 0.2) is 0 Å². The SMILES string of the molecule is O.O.[B-].[Na+]. The standard InChI is InChI=1S/B.Na.2H2O/h;;2*1H2/q-1;+1;;. The molecular formula is H4BNaO2. The third kappa shape index (κ3) is 12.1. The van der Waals surface area contributed by atoms with E-state index in [1.807, 2.05) is 0 Å². The molecule has 0 unspecified atom stereocenters. The molecular weight excluding hydrogens is 65.8 g/mol. The van der Waals surface area contributed by atoms with Gasteiger partial charge in [0.05, 0.1) is 0 Å². The minimum atomic E-state index is 0.